The summed E-state index contributed by atoms with van der Waals surface area (Å²) >= 11 is 0. The fourth-order valence-electron chi connectivity index (χ4n) is 0.612. The van der Waals surface area contributed by atoms with E-state index in [1.165, 1.54) is 0 Å². The number of carbonyl (C=O) groups is 1. The Morgan fingerprint density at radius 1 is 1.77 bits per heavy atom. The van der Waals surface area contributed by atoms with Crippen molar-refractivity contribution in [3.05, 3.63) is 0 Å². The molecule has 0 aliphatic carbocycles. The summed E-state index contributed by atoms with van der Waals surface area (Å²) in [6.45, 7) is 2.89. The van der Waals surface area contributed by atoms with Gasteiger partial charge in [0.05, 0.1) is 18.6 Å². The lowest BCUT2D eigenvalue weighted by atomic mass is 10.2. The van der Waals surface area contributed by atoms with E-state index in [1.54, 1.807) is 6.92 Å². The molecular formula is C8H15N3O2. The molecule has 0 radical (unpaired) electrons. The first-order valence-electron chi connectivity index (χ1n) is 4.14. The molecule has 0 heterocycles. The Kier molecular flexibility index (Phi) is 6.88. The van der Waals surface area contributed by atoms with Crippen molar-refractivity contribution >= 4 is 5.91 Å². The Labute approximate surface area is 77.9 Å². The number of amides is 1. The number of nitrogens with two attached hydrogens (primary N) is 1. The molecule has 0 rings (SSSR count). The third-order valence-electron chi connectivity index (χ3n) is 1.32. The van der Waals surface area contributed by atoms with Crippen LogP contribution in [0.3, 0.4) is 0 Å². The van der Waals surface area contributed by atoms with Crippen molar-refractivity contribution in [1.82, 2.24) is 5.32 Å². The lowest BCUT2D eigenvalue weighted by molar-refractivity contribution is -0.125. The highest BCUT2D eigenvalue weighted by molar-refractivity contribution is 5.77. The molecule has 13 heavy (non-hydrogen) atoms. The second kappa shape index (κ2) is 7.53. The van der Waals surface area contributed by atoms with Crippen LogP contribution in [0.15, 0.2) is 0 Å². The Morgan fingerprint density at radius 2 is 2.46 bits per heavy atom. The molecule has 0 saturated carbocycles. The van der Waals surface area contributed by atoms with E-state index in [2.05, 4.69) is 5.32 Å². The first-order chi connectivity index (χ1) is 6.20. The largest absolute Gasteiger partial charge is 0.370 e. The minimum atomic E-state index is -0.212. The van der Waals surface area contributed by atoms with Gasteiger partial charge in [0, 0.05) is 13.1 Å². The van der Waals surface area contributed by atoms with Crippen molar-refractivity contribution in [2.75, 3.05) is 26.3 Å². The standard InChI is InChI=1S/C8H15N3O2/c1-7(4-10)5-11-8(12)6-13-3-2-9/h7H,2-3,5-6,9H2,1H3,(H,11,12). The van der Waals surface area contributed by atoms with Crippen LogP contribution in [0.25, 0.3) is 0 Å². The van der Waals surface area contributed by atoms with Gasteiger partial charge in [0.1, 0.15) is 6.61 Å². The number of carbonyl (C=O) groups excluding carboxylic acids is 1. The van der Waals surface area contributed by atoms with Gasteiger partial charge in [0.25, 0.3) is 0 Å². The third kappa shape index (κ3) is 7.25. The second-order valence-electron chi connectivity index (χ2n) is 2.68. The zero-order chi connectivity index (χ0) is 10.1. The second-order valence-corrected chi connectivity index (χ2v) is 2.68. The SMILES string of the molecule is CC(C#N)CNC(=O)COCCN. The zero-order valence-electron chi connectivity index (χ0n) is 7.75. The third-order valence-corrected chi connectivity index (χ3v) is 1.32. The highest BCUT2D eigenvalue weighted by Crippen LogP contribution is 1.87. The summed E-state index contributed by atoms with van der Waals surface area (Å²) in [5.74, 6) is -0.381. The fraction of sp³-hybridized carbons (Fsp3) is 0.750. The molecule has 0 bridgehead atoms. The lowest BCUT2D eigenvalue weighted by Crippen LogP contribution is -2.31. The monoisotopic (exact) mass is 185 g/mol. The van der Waals surface area contributed by atoms with Crippen LogP contribution in [0.1, 0.15) is 6.92 Å². The molecule has 74 valence electrons. The van der Waals surface area contributed by atoms with E-state index in [1.807, 2.05) is 6.07 Å². The quantitative estimate of drug-likeness (QED) is 0.532. The Bertz CT molecular complexity index is 188. The van der Waals surface area contributed by atoms with E-state index in [0.29, 0.717) is 19.7 Å². The van der Waals surface area contributed by atoms with Crippen molar-refractivity contribution in [1.29, 1.82) is 5.26 Å². The van der Waals surface area contributed by atoms with Gasteiger partial charge in [-0.3, -0.25) is 4.79 Å². The topological polar surface area (TPSA) is 88.1 Å². The molecule has 0 aromatic carbocycles. The molecule has 0 aliphatic heterocycles. The van der Waals surface area contributed by atoms with Gasteiger partial charge < -0.3 is 15.8 Å². The maximum atomic E-state index is 11.0. The van der Waals surface area contributed by atoms with Crippen LogP contribution in [-0.2, 0) is 9.53 Å². The van der Waals surface area contributed by atoms with Gasteiger partial charge in [-0.15, -0.1) is 0 Å². The number of hydrogen-bond donors (Lipinski definition) is 2. The maximum Gasteiger partial charge on any atom is 0.246 e. The average Bonchev–Trinajstić information content (AvgIpc) is 2.14. The number of nitrogens with one attached hydrogen (secondary N) is 1. The Morgan fingerprint density at radius 3 is 3.00 bits per heavy atom. The van der Waals surface area contributed by atoms with Crippen LogP contribution in [0.2, 0.25) is 0 Å². The van der Waals surface area contributed by atoms with Crippen molar-refractivity contribution in [3.8, 4) is 6.07 Å². The summed E-state index contributed by atoms with van der Waals surface area (Å²) in [6.07, 6.45) is 0. The van der Waals surface area contributed by atoms with E-state index in [9.17, 15) is 4.79 Å². The van der Waals surface area contributed by atoms with Crippen LogP contribution in [0, 0.1) is 17.2 Å². The summed E-state index contributed by atoms with van der Waals surface area (Å²) in [5, 5.41) is 11.0. The average molecular weight is 185 g/mol. The predicted octanol–water partition coefficient (Wildman–Crippen LogP) is -0.762. The van der Waals surface area contributed by atoms with Crippen LogP contribution < -0.4 is 11.1 Å². The van der Waals surface area contributed by atoms with Crippen molar-refractivity contribution in [2.45, 2.75) is 6.92 Å². The maximum absolute atomic E-state index is 11.0. The molecular weight excluding hydrogens is 170 g/mol. The van der Waals surface area contributed by atoms with Gasteiger partial charge in [0.2, 0.25) is 5.91 Å². The number of nitrogens with zero attached hydrogens (tertiary/aromatic N) is 1. The minimum absolute atomic E-state index is 0.00927. The molecule has 3 N–H and O–H groups in total. The van der Waals surface area contributed by atoms with E-state index >= 15 is 0 Å². The number of hydrogen-bond acceptors (Lipinski definition) is 4. The van der Waals surface area contributed by atoms with Gasteiger partial charge in [-0.25, -0.2) is 0 Å². The molecule has 0 spiro atoms. The van der Waals surface area contributed by atoms with E-state index in [4.69, 9.17) is 15.7 Å². The van der Waals surface area contributed by atoms with Crippen LogP contribution in [-0.4, -0.2) is 32.2 Å². The Balaban J connectivity index is 3.36. The highest BCUT2D eigenvalue weighted by Gasteiger charge is 2.03. The van der Waals surface area contributed by atoms with Crippen molar-refractivity contribution < 1.29 is 9.53 Å². The fourth-order valence-corrected chi connectivity index (χ4v) is 0.612. The summed E-state index contributed by atoms with van der Waals surface area (Å²) in [6, 6.07) is 2.01. The minimum Gasteiger partial charge on any atom is -0.370 e. The number of rotatable bonds is 6. The predicted molar refractivity (Wildman–Crippen MR) is 47.7 cm³/mol. The molecule has 0 saturated heterocycles. The molecule has 0 fully saturated rings. The van der Waals surface area contributed by atoms with Gasteiger partial charge in [0.15, 0.2) is 0 Å². The van der Waals surface area contributed by atoms with Gasteiger partial charge in [-0.2, -0.15) is 5.26 Å². The Hall–Kier alpha value is -1.12. The molecule has 5 nitrogen and oxygen atoms in total. The molecule has 0 aromatic heterocycles. The summed E-state index contributed by atoms with van der Waals surface area (Å²) in [5.41, 5.74) is 5.16. The lowest BCUT2D eigenvalue weighted by Gasteiger charge is -2.05. The number of nitriles is 1. The zero-order valence-corrected chi connectivity index (χ0v) is 7.75. The van der Waals surface area contributed by atoms with Gasteiger partial charge in [-0.1, -0.05) is 0 Å². The molecule has 0 aliphatic rings. The van der Waals surface area contributed by atoms with Gasteiger partial charge >= 0.3 is 0 Å². The molecule has 0 aromatic rings. The molecule has 5 heteroatoms. The highest BCUT2D eigenvalue weighted by atomic mass is 16.5. The molecule has 1 amide bonds. The smallest absolute Gasteiger partial charge is 0.246 e. The van der Waals surface area contributed by atoms with E-state index < -0.39 is 0 Å². The van der Waals surface area contributed by atoms with E-state index in [-0.39, 0.29) is 18.4 Å². The summed E-state index contributed by atoms with van der Waals surface area (Å²) < 4.78 is 4.89. The summed E-state index contributed by atoms with van der Waals surface area (Å²) in [4.78, 5) is 11.0. The van der Waals surface area contributed by atoms with Crippen LogP contribution in [0.4, 0.5) is 0 Å². The van der Waals surface area contributed by atoms with Crippen molar-refractivity contribution in [2.24, 2.45) is 11.7 Å². The van der Waals surface area contributed by atoms with Crippen LogP contribution in [0.5, 0.6) is 0 Å². The normalized spacial score (nSPS) is 11.8. The van der Waals surface area contributed by atoms with Crippen molar-refractivity contribution in [3.63, 3.8) is 0 Å². The first-order valence-corrected chi connectivity index (χ1v) is 4.14. The number of ether oxygens (including phenoxy) is 1. The van der Waals surface area contributed by atoms with Crippen LogP contribution >= 0.6 is 0 Å². The molecule has 1 unspecified atom stereocenters. The molecule has 1 atom stereocenters. The van der Waals surface area contributed by atoms with Gasteiger partial charge in [-0.05, 0) is 6.92 Å². The van der Waals surface area contributed by atoms with E-state index in [0.717, 1.165) is 0 Å². The first kappa shape index (κ1) is 11.9. The summed E-state index contributed by atoms with van der Waals surface area (Å²) in [7, 11) is 0.